The van der Waals surface area contributed by atoms with Crippen LogP contribution in [0.1, 0.15) is 31.5 Å². The average molecular weight is 391 g/mol. The molecule has 0 saturated carbocycles. The molecule has 0 aromatic carbocycles. The van der Waals surface area contributed by atoms with Crippen LogP contribution in [0.25, 0.3) is 11.0 Å². The minimum absolute atomic E-state index is 0.0680. The zero-order valence-electron chi connectivity index (χ0n) is 15.7. The van der Waals surface area contributed by atoms with Crippen LogP contribution in [0.5, 0.6) is 5.88 Å². The van der Waals surface area contributed by atoms with Gasteiger partial charge in [-0.2, -0.15) is 15.1 Å². The molecule has 2 atom stereocenters. The average Bonchev–Trinajstić information content (AvgIpc) is 3.29. The number of ether oxygens (including phenoxy) is 1. The van der Waals surface area contributed by atoms with Gasteiger partial charge in [0.05, 0.1) is 41.7 Å². The third-order valence-electron chi connectivity index (χ3n) is 5.01. The number of halogens is 2. The van der Waals surface area contributed by atoms with Gasteiger partial charge >= 0.3 is 0 Å². The Labute approximate surface area is 160 Å². The highest BCUT2D eigenvalue weighted by molar-refractivity contribution is 5.82. The van der Waals surface area contributed by atoms with Gasteiger partial charge in [0.2, 0.25) is 11.8 Å². The molecule has 0 unspecified atom stereocenters. The molecule has 3 aromatic heterocycles. The van der Waals surface area contributed by atoms with Gasteiger partial charge < -0.3 is 20.4 Å². The molecule has 4 rings (SSSR count). The standard InChI is InChI=1S/C18H23F2N7O/c1-3-28-17-12-5-7-22-16(12)25-18(26-17)24-14-9-23-27(10(14)2)11-4-6-21-13(8-11)15(19)20/h5,7,9,11,13,15,21H,3-4,6,8H2,1-2H3,(H2,22,24,25,26)/t11-,13-/m1/s1. The van der Waals surface area contributed by atoms with Crippen molar-refractivity contribution in [1.82, 2.24) is 30.0 Å². The normalized spacial score (nSPS) is 20.0. The Morgan fingerprint density at radius 2 is 2.25 bits per heavy atom. The van der Waals surface area contributed by atoms with Gasteiger partial charge in [-0.25, -0.2) is 8.78 Å². The highest BCUT2D eigenvalue weighted by atomic mass is 19.3. The van der Waals surface area contributed by atoms with Crippen LogP contribution < -0.4 is 15.4 Å². The molecule has 28 heavy (non-hydrogen) atoms. The maximum absolute atomic E-state index is 13.1. The van der Waals surface area contributed by atoms with Crippen molar-refractivity contribution in [2.75, 3.05) is 18.5 Å². The van der Waals surface area contributed by atoms with E-state index in [9.17, 15) is 8.78 Å². The van der Waals surface area contributed by atoms with Crippen molar-refractivity contribution >= 4 is 22.7 Å². The smallest absolute Gasteiger partial charge is 0.253 e. The zero-order chi connectivity index (χ0) is 19.7. The zero-order valence-corrected chi connectivity index (χ0v) is 15.7. The first-order valence-corrected chi connectivity index (χ1v) is 9.37. The van der Waals surface area contributed by atoms with Crippen molar-refractivity contribution in [3.8, 4) is 5.88 Å². The molecule has 10 heteroatoms. The van der Waals surface area contributed by atoms with Crippen molar-refractivity contribution in [2.45, 2.75) is 45.2 Å². The molecule has 1 aliphatic rings. The number of hydrogen-bond acceptors (Lipinski definition) is 6. The van der Waals surface area contributed by atoms with Gasteiger partial charge in [-0.15, -0.1) is 0 Å². The summed E-state index contributed by atoms with van der Waals surface area (Å²) in [6.45, 7) is 4.85. The number of aromatic amines is 1. The highest BCUT2D eigenvalue weighted by Gasteiger charge is 2.30. The first kappa shape index (κ1) is 18.6. The Balaban J connectivity index is 1.57. The number of H-pyrrole nitrogens is 1. The molecule has 0 spiro atoms. The van der Waals surface area contributed by atoms with Gasteiger partial charge in [-0.05, 0) is 39.3 Å². The maximum Gasteiger partial charge on any atom is 0.253 e. The summed E-state index contributed by atoms with van der Waals surface area (Å²) in [5, 5.41) is 11.3. The van der Waals surface area contributed by atoms with Crippen LogP contribution in [0, 0.1) is 6.92 Å². The second-order valence-corrected chi connectivity index (χ2v) is 6.81. The van der Waals surface area contributed by atoms with Gasteiger partial charge in [0, 0.05) is 6.20 Å². The monoisotopic (exact) mass is 391 g/mol. The number of hydrogen-bond donors (Lipinski definition) is 3. The summed E-state index contributed by atoms with van der Waals surface area (Å²) in [7, 11) is 0. The molecule has 0 bridgehead atoms. The molecule has 4 heterocycles. The van der Waals surface area contributed by atoms with E-state index in [4.69, 9.17) is 4.74 Å². The van der Waals surface area contributed by atoms with E-state index in [1.54, 1.807) is 12.4 Å². The SMILES string of the molecule is CCOc1nc(Nc2cnn([C@@H]3CCN[C@@H](C(F)F)C3)c2C)nc2[nH]ccc12. The molecule has 1 fully saturated rings. The Hall–Kier alpha value is -2.75. The predicted molar refractivity (Wildman–Crippen MR) is 101 cm³/mol. The summed E-state index contributed by atoms with van der Waals surface area (Å²) in [4.78, 5) is 12.0. The molecular formula is C18H23F2N7O. The summed E-state index contributed by atoms with van der Waals surface area (Å²) in [5.74, 6) is 0.885. The molecule has 8 nitrogen and oxygen atoms in total. The Bertz CT molecular complexity index is 955. The third-order valence-corrected chi connectivity index (χ3v) is 5.01. The van der Waals surface area contributed by atoms with Crippen LogP contribution in [-0.2, 0) is 0 Å². The lowest BCUT2D eigenvalue weighted by Crippen LogP contribution is -2.43. The van der Waals surface area contributed by atoms with E-state index in [1.807, 2.05) is 24.6 Å². The number of aromatic nitrogens is 5. The third kappa shape index (κ3) is 3.51. The number of anilines is 2. The fourth-order valence-electron chi connectivity index (χ4n) is 3.59. The number of fused-ring (bicyclic) bond motifs is 1. The van der Waals surface area contributed by atoms with Gasteiger partial charge in [0.25, 0.3) is 6.43 Å². The summed E-state index contributed by atoms with van der Waals surface area (Å²) in [5.41, 5.74) is 2.26. The van der Waals surface area contributed by atoms with E-state index in [2.05, 4.69) is 30.7 Å². The van der Waals surface area contributed by atoms with Gasteiger partial charge in [0.1, 0.15) is 5.65 Å². The number of rotatable bonds is 6. The number of nitrogens with zero attached hydrogens (tertiary/aromatic N) is 4. The number of piperidine rings is 1. The molecule has 0 aliphatic carbocycles. The fraction of sp³-hybridized carbons (Fsp3) is 0.500. The first-order chi connectivity index (χ1) is 13.6. The van der Waals surface area contributed by atoms with E-state index < -0.39 is 12.5 Å². The minimum Gasteiger partial charge on any atom is -0.477 e. The quantitative estimate of drug-likeness (QED) is 0.598. The van der Waals surface area contributed by atoms with Crippen LogP contribution in [0.2, 0.25) is 0 Å². The van der Waals surface area contributed by atoms with Crippen LogP contribution >= 0.6 is 0 Å². The Kier molecular flexibility index (Phi) is 5.12. The lowest BCUT2D eigenvalue weighted by Gasteiger charge is -2.30. The highest BCUT2D eigenvalue weighted by Crippen LogP contribution is 2.30. The second kappa shape index (κ2) is 7.70. The largest absolute Gasteiger partial charge is 0.477 e. The molecule has 150 valence electrons. The molecule has 0 amide bonds. The maximum atomic E-state index is 13.1. The summed E-state index contributed by atoms with van der Waals surface area (Å²) in [6, 6.07) is 0.997. The lowest BCUT2D eigenvalue weighted by atomic mass is 9.99. The molecule has 0 radical (unpaired) electrons. The summed E-state index contributed by atoms with van der Waals surface area (Å²) < 4.78 is 33.6. The molecule has 1 aliphatic heterocycles. The van der Waals surface area contributed by atoms with E-state index in [1.165, 1.54) is 0 Å². The van der Waals surface area contributed by atoms with Crippen molar-refractivity contribution < 1.29 is 13.5 Å². The van der Waals surface area contributed by atoms with Gasteiger partial charge in [-0.3, -0.25) is 4.68 Å². The molecule has 3 aromatic rings. The molecule has 1 saturated heterocycles. The van der Waals surface area contributed by atoms with Crippen LogP contribution in [-0.4, -0.2) is 50.4 Å². The summed E-state index contributed by atoms with van der Waals surface area (Å²) in [6.07, 6.45) is 2.18. The van der Waals surface area contributed by atoms with E-state index in [0.717, 1.165) is 23.2 Å². The second-order valence-electron chi connectivity index (χ2n) is 6.81. The fourth-order valence-corrected chi connectivity index (χ4v) is 3.59. The molecular weight excluding hydrogens is 368 g/mol. The van der Waals surface area contributed by atoms with E-state index in [-0.39, 0.29) is 6.04 Å². The van der Waals surface area contributed by atoms with Gasteiger partial charge in [-0.1, -0.05) is 0 Å². The topological polar surface area (TPSA) is 92.7 Å². The Morgan fingerprint density at radius 3 is 3.04 bits per heavy atom. The van der Waals surface area contributed by atoms with Gasteiger partial charge in [0.15, 0.2) is 0 Å². The van der Waals surface area contributed by atoms with Crippen LogP contribution in [0.15, 0.2) is 18.5 Å². The number of alkyl halides is 2. The van der Waals surface area contributed by atoms with E-state index >= 15 is 0 Å². The van der Waals surface area contributed by atoms with E-state index in [0.29, 0.717) is 37.0 Å². The number of nitrogens with one attached hydrogen (secondary N) is 3. The van der Waals surface area contributed by atoms with Crippen molar-refractivity contribution in [3.63, 3.8) is 0 Å². The first-order valence-electron chi connectivity index (χ1n) is 9.37. The molecule has 3 N–H and O–H groups in total. The lowest BCUT2D eigenvalue weighted by molar-refractivity contribution is 0.0716. The summed E-state index contributed by atoms with van der Waals surface area (Å²) >= 11 is 0. The Morgan fingerprint density at radius 1 is 1.39 bits per heavy atom. The van der Waals surface area contributed by atoms with Crippen molar-refractivity contribution in [3.05, 3.63) is 24.2 Å². The van der Waals surface area contributed by atoms with Crippen molar-refractivity contribution in [1.29, 1.82) is 0 Å². The van der Waals surface area contributed by atoms with Crippen LogP contribution in [0.4, 0.5) is 20.4 Å². The predicted octanol–water partition coefficient (Wildman–Crippen LogP) is 3.16. The van der Waals surface area contributed by atoms with Crippen molar-refractivity contribution in [2.24, 2.45) is 0 Å². The minimum atomic E-state index is -2.38. The van der Waals surface area contributed by atoms with Crippen LogP contribution in [0.3, 0.4) is 0 Å².